The van der Waals surface area contributed by atoms with Gasteiger partial charge in [0.2, 0.25) is 0 Å². The van der Waals surface area contributed by atoms with Crippen molar-refractivity contribution in [3.63, 3.8) is 0 Å². The molecule has 4 N–H and O–H groups in total. The molecule has 0 fully saturated rings. The van der Waals surface area contributed by atoms with Crippen molar-refractivity contribution in [2.45, 2.75) is 4.21 Å². The Kier molecular flexibility index (Phi) is 3.71. The molecule has 0 aliphatic carbocycles. The Morgan fingerprint density at radius 2 is 2.28 bits per heavy atom. The summed E-state index contributed by atoms with van der Waals surface area (Å²) in [7, 11) is -3.67. The van der Waals surface area contributed by atoms with Crippen molar-refractivity contribution in [2.24, 2.45) is 5.73 Å². The standard InChI is InChI=1S/C8H7BrN4O2S3/c9-5-1-2-6(17-5)18(14,15)13-8-4(7(10)16)3-11-12-8/h1-3H,(H2,10,16)(H2,11,12,13). The average molecular weight is 367 g/mol. The smallest absolute Gasteiger partial charge is 0.272 e. The number of aromatic nitrogens is 2. The molecule has 2 rings (SSSR count). The number of halogens is 1. The Morgan fingerprint density at radius 1 is 1.56 bits per heavy atom. The summed E-state index contributed by atoms with van der Waals surface area (Å²) in [4.78, 5) is 0.0637. The molecule has 18 heavy (non-hydrogen) atoms. The van der Waals surface area contributed by atoms with Crippen LogP contribution in [0.2, 0.25) is 0 Å². The maximum Gasteiger partial charge on any atom is 0.272 e. The summed E-state index contributed by atoms with van der Waals surface area (Å²) in [5.74, 6) is 0.159. The molecule has 2 heterocycles. The third kappa shape index (κ3) is 2.71. The van der Waals surface area contributed by atoms with Gasteiger partial charge in [0.05, 0.1) is 15.5 Å². The highest BCUT2D eigenvalue weighted by atomic mass is 79.9. The summed E-state index contributed by atoms with van der Waals surface area (Å²) in [5, 5.41) is 6.21. The number of nitrogens with two attached hydrogens (primary N) is 1. The van der Waals surface area contributed by atoms with E-state index in [0.717, 1.165) is 15.1 Å². The molecular formula is C8H7BrN4O2S3. The zero-order valence-electron chi connectivity index (χ0n) is 8.68. The van der Waals surface area contributed by atoms with E-state index in [1.165, 1.54) is 12.3 Å². The molecule has 0 radical (unpaired) electrons. The quantitative estimate of drug-likeness (QED) is 0.714. The first-order valence-electron chi connectivity index (χ1n) is 4.51. The lowest BCUT2D eigenvalue weighted by atomic mass is 10.3. The first-order valence-corrected chi connectivity index (χ1v) is 8.01. The molecule has 96 valence electrons. The molecule has 0 unspecified atom stereocenters. The zero-order valence-corrected chi connectivity index (χ0v) is 12.7. The van der Waals surface area contributed by atoms with Gasteiger partial charge in [0.15, 0.2) is 0 Å². The largest absolute Gasteiger partial charge is 0.389 e. The molecule has 0 aromatic carbocycles. The van der Waals surface area contributed by atoms with Gasteiger partial charge < -0.3 is 5.73 Å². The minimum absolute atomic E-state index is 0.0637. The Labute approximate surface area is 121 Å². The van der Waals surface area contributed by atoms with Gasteiger partial charge in [0, 0.05) is 0 Å². The number of aromatic amines is 1. The van der Waals surface area contributed by atoms with E-state index >= 15 is 0 Å². The van der Waals surface area contributed by atoms with Gasteiger partial charge in [0.25, 0.3) is 10.0 Å². The van der Waals surface area contributed by atoms with Gasteiger partial charge >= 0.3 is 0 Å². The Hall–Kier alpha value is -0.970. The van der Waals surface area contributed by atoms with Crippen molar-refractivity contribution in [2.75, 3.05) is 4.72 Å². The number of hydrogen-bond donors (Lipinski definition) is 3. The van der Waals surface area contributed by atoms with Crippen LogP contribution in [0.1, 0.15) is 5.56 Å². The van der Waals surface area contributed by atoms with Crippen molar-refractivity contribution in [1.29, 1.82) is 0 Å². The second kappa shape index (κ2) is 4.96. The molecular weight excluding hydrogens is 360 g/mol. The number of thiophene rings is 1. The summed E-state index contributed by atoms with van der Waals surface area (Å²) in [5.41, 5.74) is 5.80. The van der Waals surface area contributed by atoms with Crippen molar-refractivity contribution in [3.8, 4) is 0 Å². The molecule has 0 atom stereocenters. The lowest BCUT2D eigenvalue weighted by molar-refractivity contribution is 0.603. The van der Waals surface area contributed by atoms with Gasteiger partial charge in [-0.1, -0.05) is 12.2 Å². The number of hydrogen-bond acceptors (Lipinski definition) is 5. The Balaban J connectivity index is 2.34. The van der Waals surface area contributed by atoms with Crippen LogP contribution >= 0.6 is 39.5 Å². The molecule has 0 saturated carbocycles. The van der Waals surface area contributed by atoms with E-state index in [1.54, 1.807) is 6.07 Å². The zero-order chi connectivity index (χ0) is 13.3. The fourth-order valence-electron chi connectivity index (χ4n) is 1.18. The molecule has 0 amide bonds. The predicted octanol–water partition coefficient (Wildman–Crippen LogP) is 1.67. The van der Waals surface area contributed by atoms with Crippen molar-refractivity contribution >= 4 is 60.3 Å². The Morgan fingerprint density at radius 3 is 2.83 bits per heavy atom. The number of nitrogens with zero attached hydrogens (tertiary/aromatic N) is 1. The van der Waals surface area contributed by atoms with Crippen LogP contribution in [0.4, 0.5) is 5.82 Å². The minimum Gasteiger partial charge on any atom is -0.389 e. The van der Waals surface area contributed by atoms with Crippen LogP contribution in [0.25, 0.3) is 0 Å². The van der Waals surface area contributed by atoms with E-state index in [9.17, 15) is 8.42 Å². The van der Waals surface area contributed by atoms with Gasteiger partial charge in [-0.25, -0.2) is 8.42 Å². The molecule has 0 aliphatic rings. The van der Waals surface area contributed by atoms with Crippen molar-refractivity contribution in [1.82, 2.24) is 10.2 Å². The van der Waals surface area contributed by atoms with Gasteiger partial charge in [-0.3, -0.25) is 9.82 Å². The monoisotopic (exact) mass is 366 g/mol. The third-order valence-corrected chi connectivity index (χ3v) is 5.64. The van der Waals surface area contributed by atoms with E-state index in [2.05, 4.69) is 30.8 Å². The van der Waals surface area contributed by atoms with Gasteiger partial charge in [-0.2, -0.15) is 5.10 Å². The highest BCUT2D eigenvalue weighted by Crippen LogP contribution is 2.27. The molecule has 2 aromatic heterocycles. The summed E-state index contributed by atoms with van der Waals surface area (Å²) in [6.07, 6.45) is 1.37. The lowest BCUT2D eigenvalue weighted by Crippen LogP contribution is -2.16. The first kappa shape index (κ1) is 13.5. The highest BCUT2D eigenvalue weighted by Gasteiger charge is 2.19. The number of H-pyrrole nitrogens is 1. The fraction of sp³-hybridized carbons (Fsp3) is 0. The van der Waals surface area contributed by atoms with Gasteiger partial charge in [0.1, 0.15) is 15.0 Å². The van der Waals surface area contributed by atoms with Crippen LogP contribution < -0.4 is 10.5 Å². The number of anilines is 1. The van der Waals surface area contributed by atoms with Crippen LogP contribution in [0.15, 0.2) is 26.3 Å². The molecule has 10 heteroatoms. The maximum absolute atomic E-state index is 12.0. The van der Waals surface area contributed by atoms with Crippen molar-refractivity contribution < 1.29 is 8.42 Å². The third-order valence-electron chi connectivity index (χ3n) is 1.95. The van der Waals surface area contributed by atoms with E-state index < -0.39 is 10.0 Å². The summed E-state index contributed by atoms with van der Waals surface area (Å²) in [6, 6.07) is 3.15. The molecule has 0 saturated heterocycles. The average Bonchev–Trinajstić information content (AvgIpc) is 2.86. The molecule has 2 aromatic rings. The van der Waals surface area contributed by atoms with Crippen LogP contribution in [0, 0.1) is 0 Å². The minimum atomic E-state index is -3.67. The molecule has 0 spiro atoms. The van der Waals surface area contributed by atoms with E-state index in [4.69, 9.17) is 18.0 Å². The van der Waals surface area contributed by atoms with Crippen LogP contribution in [-0.4, -0.2) is 23.6 Å². The Bertz CT molecular complexity index is 691. The van der Waals surface area contributed by atoms with Crippen LogP contribution in [0.3, 0.4) is 0 Å². The number of rotatable bonds is 4. The second-order valence-corrected chi connectivity index (χ2v) is 8.00. The topological polar surface area (TPSA) is 101 Å². The van der Waals surface area contributed by atoms with E-state index in [1.807, 2.05) is 0 Å². The highest BCUT2D eigenvalue weighted by molar-refractivity contribution is 9.11. The summed E-state index contributed by atoms with van der Waals surface area (Å²) < 4.78 is 27.3. The SMILES string of the molecule is NC(=S)c1cn[nH]c1NS(=O)(=O)c1ccc(Br)s1. The van der Waals surface area contributed by atoms with Crippen LogP contribution in [0.5, 0.6) is 0 Å². The predicted molar refractivity (Wildman–Crippen MR) is 77.3 cm³/mol. The normalized spacial score (nSPS) is 11.4. The van der Waals surface area contributed by atoms with Crippen LogP contribution in [-0.2, 0) is 10.0 Å². The fourth-order valence-corrected chi connectivity index (χ4v) is 4.38. The number of thiocarbonyl (C=S) groups is 1. The summed E-state index contributed by atoms with van der Waals surface area (Å²) in [6.45, 7) is 0. The molecule has 0 bridgehead atoms. The maximum atomic E-state index is 12.0. The van der Waals surface area contributed by atoms with Gasteiger partial charge in [-0.05, 0) is 28.1 Å². The molecule has 0 aliphatic heterocycles. The van der Waals surface area contributed by atoms with Gasteiger partial charge in [-0.15, -0.1) is 11.3 Å². The first-order chi connectivity index (χ1) is 8.40. The summed E-state index contributed by atoms with van der Waals surface area (Å²) >= 11 is 9.10. The van der Waals surface area contributed by atoms with E-state index in [0.29, 0.717) is 5.56 Å². The number of sulfonamides is 1. The van der Waals surface area contributed by atoms with E-state index in [-0.39, 0.29) is 15.0 Å². The van der Waals surface area contributed by atoms with Crippen molar-refractivity contribution in [3.05, 3.63) is 27.7 Å². The second-order valence-electron chi connectivity index (χ2n) is 3.19. The number of nitrogens with one attached hydrogen (secondary N) is 2. The lowest BCUT2D eigenvalue weighted by Gasteiger charge is -2.05. The molecule has 6 nitrogen and oxygen atoms in total.